The molecule has 0 aliphatic rings. The van der Waals surface area contributed by atoms with E-state index >= 15 is 0 Å². The Morgan fingerprint density at radius 1 is 1.13 bits per heavy atom. The number of nitro groups is 1. The van der Waals surface area contributed by atoms with Crippen LogP contribution in [-0.4, -0.2) is 41.3 Å². The Morgan fingerprint density at radius 3 is 2.37 bits per heavy atom. The molecule has 0 saturated carbocycles. The first-order valence-electron chi connectivity index (χ1n) is 9.34. The molecule has 9 nitrogen and oxygen atoms in total. The second-order valence-corrected chi connectivity index (χ2v) is 6.97. The monoisotopic (exact) mass is 412 g/mol. The number of rotatable bonds is 8. The summed E-state index contributed by atoms with van der Waals surface area (Å²) in [6.45, 7) is 4.64. The zero-order chi connectivity index (χ0) is 21.8. The predicted octanol–water partition coefficient (Wildman–Crippen LogP) is 4.16. The van der Waals surface area contributed by atoms with Crippen LogP contribution < -0.4 is 9.47 Å². The second-order valence-electron chi connectivity index (χ2n) is 6.97. The number of methoxy groups -OCH3 is 2. The van der Waals surface area contributed by atoms with Crippen molar-refractivity contribution in [1.29, 1.82) is 0 Å². The topological polar surface area (TPSA) is 104 Å². The fourth-order valence-corrected chi connectivity index (χ4v) is 3.03. The van der Waals surface area contributed by atoms with Crippen molar-refractivity contribution >= 4 is 5.69 Å². The van der Waals surface area contributed by atoms with Crippen molar-refractivity contribution in [3.63, 3.8) is 0 Å². The number of nitro benzene ring substituents is 1. The average molecular weight is 412 g/mol. The highest BCUT2D eigenvalue weighted by molar-refractivity contribution is 5.55. The summed E-state index contributed by atoms with van der Waals surface area (Å²) in [6, 6.07) is 9.79. The van der Waals surface area contributed by atoms with Crippen LogP contribution in [0.25, 0.3) is 11.5 Å². The molecule has 1 atom stereocenters. The summed E-state index contributed by atoms with van der Waals surface area (Å²) in [4.78, 5) is 12.4. The molecule has 0 radical (unpaired) electrons. The van der Waals surface area contributed by atoms with Crippen molar-refractivity contribution in [2.24, 2.45) is 0 Å². The van der Waals surface area contributed by atoms with Gasteiger partial charge in [-0.15, -0.1) is 10.2 Å². The second kappa shape index (κ2) is 8.91. The zero-order valence-corrected chi connectivity index (χ0v) is 17.6. The lowest BCUT2D eigenvalue weighted by Gasteiger charge is -2.23. The van der Waals surface area contributed by atoms with Crippen LogP contribution in [0.15, 0.2) is 40.8 Å². The molecule has 0 saturated heterocycles. The van der Waals surface area contributed by atoms with Gasteiger partial charge in [0.25, 0.3) is 5.69 Å². The molecule has 0 aliphatic heterocycles. The fourth-order valence-electron chi connectivity index (χ4n) is 3.03. The molecule has 0 aliphatic carbocycles. The summed E-state index contributed by atoms with van der Waals surface area (Å²) in [5, 5.41) is 19.0. The Kier molecular flexibility index (Phi) is 6.31. The van der Waals surface area contributed by atoms with E-state index in [0.29, 0.717) is 35.4 Å². The third kappa shape index (κ3) is 4.41. The quantitative estimate of drug-likeness (QED) is 0.401. The van der Waals surface area contributed by atoms with Gasteiger partial charge in [-0.3, -0.25) is 15.0 Å². The number of nitrogens with zero attached hydrogens (tertiary/aromatic N) is 4. The number of hydrogen-bond acceptors (Lipinski definition) is 8. The van der Waals surface area contributed by atoms with Gasteiger partial charge >= 0.3 is 0 Å². The molecule has 0 amide bonds. The van der Waals surface area contributed by atoms with Crippen LogP contribution in [-0.2, 0) is 6.54 Å². The highest BCUT2D eigenvalue weighted by atomic mass is 16.6. The highest BCUT2D eigenvalue weighted by Gasteiger charge is 2.21. The molecule has 0 unspecified atom stereocenters. The van der Waals surface area contributed by atoms with Gasteiger partial charge < -0.3 is 13.9 Å². The van der Waals surface area contributed by atoms with Crippen LogP contribution in [0.1, 0.15) is 30.0 Å². The average Bonchev–Trinajstić information content (AvgIpc) is 3.24. The minimum absolute atomic E-state index is 0.0110. The third-order valence-corrected chi connectivity index (χ3v) is 5.05. The van der Waals surface area contributed by atoms with Crippen molar-refractivity contribution < 1.29 is 18.8 Å². The molecule has 158 valence electrons. The lowest BCUT2D eigenvalue weighted by molar-refractivity contribution is -0.384. The van der Waals surface area contributed by atoms with Gasteiger partial charge in [0.05, 0.1) is 25.2 Å². The molecule has 0 fully saturated rings. The summed E-state index contributed by atoms with van der Waals surface area (Å²) in [7, 11) is 5.20. The molecule has 1 heterocycles. The Balaban J connectivity index is 1.76. The third-order valence-electron chi connectivity index (χ3n) is 5.05. The van der Waals surface area contributed by atoms with Crippen molar-refractivity contribution in [2.75, 3.05) is 21.3 Å². The van der Waals surface area contributed by atoms with Gasteiger partial charge in [-0.05, 0) is 56.3 Å². The molecule has 9 heteroatoms. The number of ether oxygens (including phenoxy) is 2. The van der Waals surface area contributed by atoms with Gasteiger partial charge in [-0.25, -0.2) is 0 Å². The maximum absolute atomic E-state index is 10.8. The van der Waals surface area contributed by atoms with Gasteiger partial charge in [0.2, 0.25) is 11.8 Å². The van der Waals surface area contributed by atoms with E-state index in [0.717, 1.165) is 11.1 Å². The molecular weight excluding hydrogens is 388 g/mol. The van der Waals surface area contributed by atoms with E-state index in [1.54, 1.807) is 26.4 Å². The van der Waals surface area contributed by atoms with Crippen molar-refractivity contribution in [3.8, 4) is 23.0 Å². The van der Waals surface area contributed by atoms with Crippen molar-refractivity contribution in [3.05, 3.63) is 63.5 Å². The maximum Gasteiger partial charge on any atom is 0.269 e. The number of non-ortho nitro benzene ring substituents is 1. The molecule has 0 N–H and O–H groups in total. The van der Waals surface area contributed by atoms with Gasteiger partial charge in [0, 0.05) is 24.2 Å². The smallest absolute Gasteiger partial charge is 0.269 e. The van der Waals surface area contributed by atoms with E-state index < -0.39 is 4.92 Å². The summed E-state index contributed by atoms with van der Waals surface area (Å²) in [6.07, 6.45) is 0. The summed E-state index contributed by atoms with van der Waals surface area (Å²) >= 11 is 0. The molecular formula is C21H24N4O5. The zero-order valence-electron chi connectivity index (χ0n) is 17.6. The highest BCUT2D eigenvalue weighted by Crippen LogP contribution is 2.32. The van der Waals surface area contributed by atoms with E-state index in [-0.39, 0.29) is 11.7 Å². The van der Waals surface area contributed by atoms with E-state index in [4.69, 9.17) is 13.9 Å². The van der Waals surface area contributed by atoms with Crippen molar-refractivity contribution in [2.45, 2.75) is 26.4 Å². The first kappa shape index (κ1) is 21.3. The minimum atomic E-state index is -0.448. The Morgan fingerprint density at radius 2 is 1.77 bits per heavy atom. The normalized spacial score (nSPS) is 12.1. The summed E-state index contributed by atoms with van der Waals surface area (Å²) < 4.78 is 16.6. The first-order valence-corrected chi connectivity index (χ1v) is 9.34. The van der Waals surface area contributed by atoms with Crippen LogP contribution in [0, 0.1) is 17.0 Å². The summed E-state index contributed by atoms with van der Waals surface area (Å²) in [5.74, 6) is 2.16. The maximum atomic E-state index is 10.8. The van der Waals surface area contributed by atoms with E-state index in [1.807, 2.05) is 33.0 Å². The van der Waals surface area contributed by atoms with E-state index in [9.17, 15) is 10.1 Å². The SMILES string of the molecule is COc1cc(C)c(CN(C)[C@@H](C)c2nnc(-c3ccc([N+](=O)[O-])cc3)o2)cc1OC. The number of aromatic nitrogens is 2. The fraction of sp³-hybridized carbons (Fsp3) is 0.333. The van der Waals surface area contributed by atoms with Crippen LogP contribution in [0.3, 0.4) is 0 Å². The van der Waals surface area contributed by atoms with Gasteiger partial charge in [0.15, 0.2) is 11.5 Å². The molecule has 1 aromatic heterocycles. The minimum Gasteiger partial charge on any atom is -0.493 e. The van der Waals surface area contributed by atoms with Crippen LogP contribution >= 0.6 is 0 Å². The molecule has 2 aromatic carbocycles. The first-order chi connectivity index (χ1) is 14.3. The molecule has 0 bridgehead atoms. The molecule has 3 rings (SSSR count). The Bertz CT molecular complexity index is 1030. The standard InChI is InChI=1S/C21H24N4O5/c1-13-10-18(28-4)19(29-5)11-16(13)12-24(3)14(2)20-22-23-21(30-20)15-6-8-17(9-7-15)25(26)27/h6-11,14H,12H2,1-5H3/t14-/m0/s1. The molecule has 0 spiro atoms. The summed E-state index contributed by atoms with van der Waals surface area (Å²) in [5.41, 5.74) is 2.82. The number of benzene rings is 2. The van der Waals surface area contributed by atoms with E-state index in [1.165, 1.54) is 12.1 Å². The predicted molar refractivity (Wildman–Crippen MR) is 111 cm³/mol. The van der Waals surface area contributed by atoms with Crippen LogP contribution in [0.2, 0.25) is 0 Å². The van der Waals surface area contributed by atoms with E-state index in [2.05, 4.69) is 15.1 Å². The van der Waals surface area contributed by atoms with Gasteiger partial charge in [-0.1, -0.05) is 0 Å². The van der Waals surface area contributed by atoms with Crippen LogP contribution in [0.5, 0.6) is 11.5 Å². The molecule has 30 heavy (non-hydrogen) atoms. The van der Waals surface area contributed by atoms with Crippen molar-refractivity contribution in [1.82, 2.24) is 15.1 Å². The Labute approximate surface area is 174 Å². The number of aryl methyl sites for hydroxylation is 1. The number of hydrogen-bond donors (Lipinski definition) is 0. The van der Waals surface area contributed by atoms with Gasteiger partial charge in [-0.2, -0.15) is 0 Å². The van der Waals surface area contributed by atoms with Gasteiger partial charge in [0.1, 0.15) is 0 Å². The lowest BCUT2D eigenvalue weighted by Crippen LogP contribution is -2.22. The lowest BCUT2D eigenvalue weighted by atomic mass is 10.1. The molecule has 3 aromatic rings. The Hall–Kier alpha value is -3.46. The largest absolute Gasteiger partial charge is 0.493 e. The van der Waals surface area contributed by atoms with Crippen LogP contribution in [0.4, 0.5) is 5.69 Å².